The third-order valence-corrected chi connectivity index (χ3v) is 6.17. The van der Waals surface area contributed by atoms with Crippen LogP contribution in [-0.2, 0) is 0 Å². The van der Waals surface area contributed by atoms with E-state index in [1.54, 1.807) is 0 Å². The minimum absolute atomic E-state index is 0.539. The van der Waals surface area contributed by atoms with Gasteiger partial charge in [-0.1, -0.05) is 30.3 Å². The summed E-state index contributed by atoms with van der Waals surface area (Å²) in [6, 6.07) is 17.1. The van der Waals surface area contributed by atoms with Gasteiger partial charge in [0.1, 0.15) is 0 Å². The van der Waals surface area contributed by atoms with Crippen LogP contribution in [0, 0.1) is 11.8 Å². The van der Waals surface area contributed by atoms with E-state index in [2.05, 4.69) is 41.3 Å². The Morgan fingerprint density at radius 2 is 1.74 bits per heavy atom. The molecule has 116 valence electrons. The molecule has 2 bridgehead atoms. The average molecular weight is 305 g/mol. The lowest BCUT2D eigenvalue weighted by atomic mass is 9.76. The summed E-state index contributed by atoms with van der Waals surface area (Å²) in [6.45, 7) is 0. The van der Waals surface area contributed by atoms with Crippen molar-refractivity contribution in [2.45, 2.75) is 31.2 Å². The van der Waals surface area contributed by atoms with Gasteiger partial charge in [0.2, 0.25) is 0 Å². The predicted octanol–water partition coefficient (Wildman–Crippen LogP) is 2.40. The Kier molecular flexibility index (Phi) is 2.88. The molecule has 1 heterocycles. The van der Waals surface area contributed by atoms with Gasteiger partial charge < -0.3 is 14.9 Å². The van der Waals surface area contributed by atoms with Crippen LogP contribution in [0.5, 0.6) is 0 Å². The van der Waals surface area contributed by atoms with Crippen molar-refractivity contribution in [3.05, 3.63) is 54.1 Å². The van der Waals surface area contributed by atoms with Crippen LogP contribution in [0.25, 0.3) is 0 Å². The van der Waals surface area contributed by atoms with Crippen LogP contribution in [0.1, 0.15) is 30.7 Å². The standard InChI is InChI=1S/C19H20BNO2/c22-20(23)14-8-9-17-16(11-14)18-12-6-7-13(10-12)19(18)21(17)15-4-2-1-3-5-15/h1-5,8-9,11-13,18-19,22-23H,6-7,10H2/t12-,13+,18?,19?/m0/s1. The van der Waals surface area contributed by atoms with Crippen molar-refractivity contribution in [2.75, 3.05) is 4.90 Å². The molecule has 2 fully saturated rings. The summed E-state index contributed by atoms with van der Waals surface area (Å²) in [5.41, 5.74) is 4.44. The van der Waals surface area contributed by atoms with Crippen LogP contribution >= 0.6 is 0 Å². The number of para-hydroxylation sites is 1. The summed E-state index contributed by atoms with van der Waals surface area (Å²) in [5, 5.41) is 19.1. The topological polar surface area (TPSA) is 43.7 Å². The van der Waals surface area contributed by atoms with Crippen LogP contribution in [0.15, 0.2) is 48.5 Å². The molecule has 0 spiro atoms. The van der Waals surface area contributed by atoms with Crippen molar-refractivity contribution >= 4 is 24.0 Å². The van der Waals surface area contributed by atoms with E-state index in [9.17, 15) is 10.0 Å². The van der Waals surface area contributed by atoms with Gasteiger partial charge in [0.25, 0.3) is 0 Å². The number of hydrogen-bond donors (Lipinski definition) is 2. The van der Waals surface area contributed by atoms with E-state index < -0.39 is 7.12 Å². The predicted molar refractivity (Wildman–Crippen MR) is 92.2 cm³/mol. The SMILES string of the molecule is OB(O)c1ccc2c(c1)C1C([C@@H]3CC[C@H]1C3)N2c1ccccc1. The maximum atomic E-state index is 9.55. The zero-order valence-corrected chi connectivity index (χ0v) is 13.0. The smallest absolute Gasteiger partial charge is 0.423 e. The molecule has 2 saturated carbocycles. The van der Waals surface area contributed by atoms with E-state index >= 15 is 0 Å². The minimum Gasteiger partial charge on any atom is -0.423 e. The molecule has 0 amide bonds. The normalized spacial score (nSPS) is 30.4. The highest BCUT2D eigenvalue weighted by atomic mass is 16.4. The lowest BCUT2D eigenvalue weighted by Crippen LogP contribution is -2.35. The lowest BCUT2D eigenvalue weighted by Gasteiger charge is -2.33. The molecule has 2 N–H and O–H groups in total. The van der Waals surface area contributed by atoms with E-state index in [1.165, 1.54) is 36.2 Å². The van der Waals surface area contributed by atoms with Gasteiger partial charge in [0.05, 0.1) is 0 Å². The van der Waals surface area contributed by atoms with Crippen molar-refractivity contribution in [3.63, 3.8) is 0 Å². The first-order chi connectivity index (χ1) is 11.2. The fourth-order valence-corrected chi connectivity index (χ4v) is 5.35. The first-order valence-corrected chi connectivity index (χ1v) is 8.58. The zero-order valence-electron chi connectivity index (χ0n) is 13.0. The maximum absolute atomic E-state index is 9.55. The van der Waals surface area contributed by atoms with Crippen molar-refractivity contribution in [3.8, 4) is 0 Å². The number of hydrogen-bond acceptors (Lipinski definition) is 3. The largest absolute Gasteiger partial charge is 0.488 e. The fourth-order valence-electron chi connectivity index (χ4n) is 5.35. The molecule has 5 rings (SSSR count). The summed E-state index contributed by atoms with van der Waals surface area (Å²) in [4.78, 5) is 2.51. The molecular formula is C19H20BNO2. The molecular weight excluding hydrogens is 285 g/mol. The number of rotatable bonds is 2. The Bertz CT molecular complexity index is 748. The highest BCUT2D eigenvalue weighted by Gasteiger charge is 2.55. The molecule has 3 nitrogen and oxygen atoms in total. The van der Waals surface area contributed by atoms with Crippen molar-refractivity contribution in [1.29, 1.82) is 0 Å². The molecule has 2 aromatic rings. The Balaban J connectivity index is 1.68. The minimum atomic E-state index is -1.39. The number of anilines is 2. The molecule has 0 radical (unpaired) electrons. The van der Waals surface area contributed by atoms with Crippen molar-refractivity contribution in [1.82, 2.24) is 0 Å². The zero-order chi connectivity index (χ0) is 15.6. The Labute approximate surface area is 136 Å². The first-order valence-electron chi connectivity index (χ1n) is 8.58. The number of fused-ring (bicyclic) bond motifs is 7. The van der Waals surface area contributed by atoms with Gasteiger partial charge >= 0.3 is 7.12 Å². The van der Waals surface area contributed by atoms with Crippen LogP contribution in [0.2, 0.25) is 0 Å². The molecule has 4 atom stereocenters. The Morgan fingerprint density at radius 3 is 2.52 bits per heavy atom. The second kappa shape index (κ2) is 4.86. The Morgan fingerprint density at radius 1 is 0.957 bits per heavy atom. The third-order valence-electron chi connectivity index (χ3n) is 6.17. The molecule has 2 unspecified atom stereocenters. The van der Waals surface area contributed by atoms with Crippen LogP contribution in [0.3, 0.4) is 0 Å². The molecule has 3 aliphatic rings. The van der Waals surface area contributed by atoms with Gasteiger partial charge in [-0.05, 0) is 60.3 Å². The summed E-state index contributed by atoms with van der Waals surface area (Å²) in [7, 11) is -1.39. The molecule has 0 aromatic heterocycles. The van der Waals surface area contributed by atoms with Gasteiger partial charge in [-0.15, -0.1) is 0 Å². The highest BCUT2D eigenvalue weighted by molar-refractivity contribution is 6.58. The van der Waals surface area contributed by atoms with Gasteiger partial charge in [0.15, 0.2) is 0 Å². The third kappa shape index (κ3) is 1.85. The molecule has 23 heavy (non-hydrogen) atoms. The second-order valence-corrected chi connectivity index (χ2v) is 7.25. The van der Waals surface area contributed by atoms with Crippen molar-refractivity contribution < 1.29 is 10.0 Å². The second-order valence-electron chi connectivity index (χ2n) is 7.25. The molecule has 4 heteroatoms. The van der Waals surface area contributed by atoms with Gasteiger partial charge in [0, 0.05) is 23.3 Å². The lowest BCUT2D eigenvalue weighted by molar-refractivity contribution is 0.382. The van der Waals surface area contributed by atoms with Gasteiger partial charge in [-0.3, -0.25) is 0 Å². The summed E-state index contributed by atoms with van der Waals surface area (Å²) >= 11 is 0. The molecule has 1 aliphatic heterocycles. The molecule has 0 saturated heterocycles. The van der Waals surface area contributed by atoms with E-state index in [0.29, 0.717) is 17.4 Å². The maximum Gasteiger partial charge on any atom is 0.488 e. The van der Waals surface area contributed by atoms with Gasteiger partial charge in [-0.25, -0.2) is 0 Å². The summed E-state index contributed by atoms with van der Waals surface area (Å²) in [5.74, 6) is 2.06. The van der Waals surface area contributed by atoms with E-state index in [0.717, 1.165) is 11.8 Å². The van der Waals surface area contributed by atoms with Crippen molar-refractivity contribution in [2.24, 2.45) is 11.8 Å². The number of benzene rings is 2. The monoisotopic (exact) mass is 305 g/mol. The average Bonchev–Trinajstić information content (AvgIpc) is 3.26. The van der Waals surface area contributed by atoms with Crippen LogP contribution in [0.4, 0.5) is 11.4 Å². The Hall–Kier alpha value is -1.78. The molecule has 2 aromatic carbocycles. The molecule has 2 aliphatic carbocycles. The van der Waals surface area contributed by atoms with Crippen LogP contribution < -0.4 is 10.4 Å². The quantitative estimate of drug-likeness (QED) is 0.837. The van der Waals surface area contributed by atoms with Gasteiger partial charge in [-0.2, -0.15) is 0 Å². The first kappa shape index (κ1) is 13.6. The van der Waals surface area contributed by atoms with E-state index in [4.69, 9.17) is 0 Å². The summed E-state index contributed by atoms with van der Waals surface area (Å²) in [6.07, 6.45) is 3.97. The number of nitrogens with zero attached hydrogens (tertiary/aromatic N) is 1. The van der Waals surface area contributed by atoms with E-state index in [-0.39, 0.29) is 0 Å². The van der Waals surface area contributed by atoms with E-state index in [1.807, 2.05) is 12.1 Å². The summed E-state index contributed by atoms with van der Waals surface area (Å²) < 4.78 is 0. The highest BCUT2D eigenvalue weighted by Crippen LogP contribution is 2.62. The van der Waals surface area contributed by atoms with Crippen LogP contribution in [-0.4, -0.2) is 23.2 Å². The fraction of sp³-hybridized carbons (Fsp3) is 0.368.